The largest absolute Gasteiger partial charge is 0.492 e. The van der Waals surface area contributed by atoms with E-state index in [1.54, 1.807) is 0 Å². The van der Waals surface area contributed by atoms with Gasteiger partial charge in [0.05, 0.1) is 6.54 Å². The second-order valence-electron chi connectivity index (χ2n) is 7.88. The molecule has 30 heavy (non-hydrogen) atoms. The van der Waals surface area contributed by atoms with Crippen molar-refractivity contribution in [1.82, 2.24) is 20.0 Å². The Morgan fingerprint density at radius 2 is 1.67 bits per heavy atom. The zero-order valence-electron chi connectivity index (χ0n) is 18.6. The smallest absolute Gasteiger partial charge is 0.193 e. The molecule has 3 rings (SSSR count). The van der Waals surface area contributed by atoms with E-state index in [-0.39, 0.29) is 0 Å². The molecule has 0 unspecified atom stereocenters. The standard InChI is InChI=1S/C24H35N5O/c1-25-24(28(3)17-18-30-23-7-5-4-6-8-23)26-19-21-9-11-22(12-10-21)20-29-15-13-27(2)14-16-29/h4-12H,13-20H2,1-3H3,(H,25,26). The maximum atomic E-state index is 5.78. The molecule has 0 aliphatic carbocycles. The van der Waals surface area contributed by atoms with E-state index in [0.717, 1.165) is 57.5 Å². The van der Waals surface area contributed by atoms with Crippen LogP contribution in [0.25, 0.3) is 0 Å². The first-order chi connectivity index (χ1) is 14.6. The molecule has 0 spiro atoms. The second-order valence-corrected chi connectivity index (χ2v) is 7.88. The molecule has 0 aromatic heterocycles. The van der Waals surface area contributed by atoms with Gasteiger partial charge in [0.25, 0.3) is 0 Å². The minimum Gasteiger partial charge on any atom is -0.492 e. The summed E-state index contributed by atoms with van der Waals surface area (Å²) in [6.07, 6.45) is 0. The number of aliphatic imine (C=N–C) groups is 1. The molecule has 6 nitrogen and oxygen atoms in total. The van der Waals surface area contributed by atoms with Gasteiger partial charge in [-0.05, 0) is 30.3 Å². The Kier molecular flexibility index (Phi) is 8.53. The summed E-state index contributed by atoms with van der Waals surface area (Å²) in [6, 6.07) is 18.8. The van der Waals surface area contributed by atoms with Gasteiger partial charge in [-0.2, -0.15) is 0 Å². The molecule has 0 saturated carbocycles. The summed E-state index contributed by atoms with van der Waals surface area (Å²) in [7, 11) is 6.04. The van der Waals surface area contributed by atoms with E-state index in [0.29, 0.717) is 6.61 Å². The molecule has 1 aliphatic heterocycles. The van der Waals surface area contributed by atoms with Crippen LogP contribution in [0, 0.1) is 0 Å². The van der Waals surface area contributed by atoms with Gasteiger partial charge in [-0.15, -0.1) is 0 Å². The Morgan fingerprint density at radius 3 is 2.33 bits per heavy atom. The van der Waals surface area contributed by atoms with Crippen LogP contribution in [0.2, 0.25) is 0 Å². The van der Waals surface area contributed by atoms with Crippen molar-refractivity contribution in [1.29, 1.82) is 0 Å². The zero-order chi connectivity index (χ0) is 21.2. The highest BCUT2D eigenvalue weighted by Crippen LogP contribution is 2.10. The fourth-order valence-corrected chi connectivity index (χ4v) is 3.52. The SMILES string of the molecule is CN=C(NCc1ccc(CN2CCN(C)CC2)cc1)N(C)CCOc1ccccc1. The van der Waals surface area contributed by atoms with E-state index in [9.17, 15) is 0 Å². The van der Waals surface area contributed by atoms with Gasteiger partial charge < -0.3 is 19.9 Å². The Morgan fingerprint density at radius 1 is 1.00 bits per heavy atom. The van der Waals surface area contributed by atoms with Gasteiger partial charge in [-0.3, -0.25) is 9.89 Å². The number of likely N-dealkylation sites (N-methyl/N-ethyl adjacent to an activating group) is 2. The van der Waals surface area contributed by atoms with E-state index in [1.165, 1.54) is 11.1 Å². The first-order valence-corrected chi connectivity index (χ1v) is 10.7. The monoisotopic (exact) mass is 409 g/mol. The Bertz CT molecular complexity index is 770. The van der Waals surface area contributed by atoms with Crippen LogP contribution in [0.3, 0.4) is 0 Å². The first-order valence-electron chi connectivity index (χ1n) is 10.7. The van der Waals surface area contributed by atoms with E-state index >= 15 is 0 Å². The van der Waals surface area contributed by atoms with Gasteiger partial charge in [-0.1, -0.05) is 42.5 Å². The summed E-state index contributed by atoms with van der Waals surface area (Å²) in [6.45, 7) is 7.78. The number of guanidine groups is 1. The lowest BCUT2D eigenvalue weighted by atomic mass is 10.1. The molecule has 1 saturated heterocycles. The van der Waals surface area contributed by atoms with Crippen molar-refractivity contribution in [2.75, 3.05) is 60.5 Å². The number of para-hydroxylation sites is 1. The fourth-order valence-electron chi connectivity index (χ4n) is 3.52. The van der Waals surface area contributed by atoms with E-state index in [1.807, 2.05) is 44.4 Å². The molecular formula is C24H35N5O. The quantitative estimate of drug-likeness (QED) is 0.536. The summed E-state index contributed by atoms with van der Waals surface area (Å²) in [5.41, 5.74) is 2.63. The average Bonchev–Trinajstić information content (AvgIpc) is 2.77. The van der Waals surface area contributed by atoms with Gasteiger partial charge in [0.1, 0.15) is 12.4 Å². The molecule has 0 atom stereocenters. The highest BCUT2D eigenvalue weighted by atomic mass is 16.5. The molecule has 1 heterocycles. The molecule has 0 amide bonds. The highest BCUT2D eigenvalue weighted by molar-refractivity contribution is 5.79. The number of hydrogen-bond donors (Lipinski definition) is 1. The summed E-state index contributed by atoms with van der Waals surface area (Å²) in [5, 5.41) is 3.44. The lowest BCUT2D eigenvalue weighted by Crippen LogP contribution is -2.43. The predicted molar refractivity (Wildman–Crippen MR) is 124 cm³/mol. The van der Waals surface area contributed by atoms with Gasteiger partial charge in [-0.25, -0.2) is 0 Å². The van der Waals surface area contributed by atoms with Crippen LogP contribution in [0.4, 0.5) is 0 Å². The number of benzene rings is 2. The maximum Gasteiger partial charge on any atom is 0.193 e. The van der Waals surface area contributed by atoms with Crippen LogP contribution in [0.5, 0.6) is 5.75 Å². The Balaban J connectivity index is 1.40. The molecule has 0 radical (unpaired) electrons. The van der Waals surface area contributed by atoms with Crippen molar-refractivity contribution >= 4 is 5.96 Å². The number of hydrogen-bond acceptors (Lipinski definition) is 4. The first kappa shape index (κ1) is 22.1. The number of piperazine rings is 1. The molecule has 0 bridgehead atoms. The maximum absolute atomic E-state index is 5.78. The number of rotatable bonds is 8. The molecule has 162 valence electrons. The van der Waals surface area contributed by atoms with Crippen molar-refractivity contribution in [2.45, 2.75) is 13.1 Å². The number of nitrogens with one attached hydrogen (secondary N) is 1. The van der Waals surface area contributed by atoms with E-state index in [4.69, 9.17) is 4.74 Å². The van der Waals surface area contributed by atoms with Crippen molar-refractivity contribution in [3.8, 4) is 5.75 Å². The fraction of sp³-hybridized carbons (Fsp3) is 0.458. The summed E-state index contributed by atoms with van der Waals surface area (Å²) < 4.78 is 5.78. The predicted octanol–water partition coefficient (Wildman–Crippen LogP) is 2.52. The molecule has 2 aromatic rings. The zero-order valence-corrected chi connectivity index (χ0v) is 18.6. The molecule has 1 fully saturated rings. The molecular weight excluding hydrogens is 374 g/mol. The topological polar surface area (TPSA) is 43.3 Å². The third kappa shape index (κ3) is 7.04. The minimum absolute atomic E-state index is 0.613. The third-order valence-electron chi connectivity index (χ3n) is 5.49. The van der Waals surface area contributed by atoms with Crippen LogP contribution in [0.15, 0.2) is 59.6 Å². The van der Waals surface area contributed by atoms with E-state index < -0.39 is 0 Å². The number of ether oxygens (including phenoxy) is 1. The summed E-state index contributed by atoms with van der Waals surface area (Å²) in [4.78, 5) is 11.4. The Labute approximate surface area is 181 Å². The van der Waals surface area contributed by atoms with Gasteiger partial charge in [0.2, 0.25) is 0 Å². The van der Waals surface area contributed by atoms with Crippen LogP contribution >= 0.6 is 0 Å². The van der Waals surface area contributed by atoms with Crippen LogP contribution < -0.4 is 10.1 Å². The lowest BCUT2D eigenvalue weighted by Gasteiger charge is -2.32. The molecule has 1 N–H and O–H groups in total. The highest BCUT2D eigenvalue weighted by Gasteiger charge is 2.13. The Hall–Kier alpha value is -2.57. The molecule has 1 aliphatic rings. The van der Waals surface area contributed by atoms with Gasteiger partial charge in [0.15, 0.2) is 5.96 Å². The van der Waals surface area contributed by atoms with Gasteiger partial charge in [0, 0.05) is 53.4 Å². The summed E-state index contributed by atoms with van der Waals surface area (Å²) in [5.74, 6) is 1.76. The van der Waals surface area contributed by atoms with Crippen molar-refractivity contribution in [3.05, 3.63) is 65.7 Å². The van der Waals surface area contributed by atoms with E-state index in [2.05, 4.69) is 56.3 Å². The molecule has 6 heteroatoms. The average molecular weight is 410 g/mol. The normalized spacial score (nSPS) is 15.8. The summed E-state index contributed by atoms with van der Waals surface area (Å²) >= 11 is 0. The lowest BCUT2D eigenvalue weighted by molar-refractivity contribution is 0.148. The van der Waals surface area contributed by atoms with Crippen LogP contribution in [-0.2, 0) is 13.1 Å². The molecule has 2 aromatic carbocycles. The van der Waals surface area contributed by atoms with Crippen molar-refractivity contribution in [2.24, 2.45) is 4.99 Å². The van der Waals surface area contributed by atoms with Crippen LogP contribution in [0.1, 0.15) is 11.1 Å². The third-order valence-corrected chi connectivity index (χ3v) is 5.49. The van der Waals surface area contributed by atoms with Gasteiger partial charge >= 0.3 is 0 Å². The van der Waals surface area contributed by atoms with Crippen LogP contribution in [-0.4, -0.2) is 81.1 Å². The second kappa shape index (κ2) is 11.6. The van der Waals surface area contributed by atoms with Crippen molar-refractivity contribution < 1.29 is 4.74 Å². The minimum atomic E-state index is 0.613. The number of nitrogens with zero attached hydrogens (tertiary/aromatic N) is 4. The van der Waals surface area contributed by atoms with Crippen molar-refractivity contribution in [3.63, 3.8) is 0 Å².